The minimum Gasteiger partial charge on any atom is -0.497 e. The Morgan fingerprint density at radius 1 is 1.33 bits per heavy atom. The van der Waals surface area contributed by atoms with Gasteiger partial charge >= 0.3 is 6.03 Å². The molecular formula is C15H20N4O2. The number of nitrogens with zero attached hydrogens (tertiary/aromatic N) is 3. The number of amides is 2. The van der Waals surface area contributed by atoms with Crippen LogP contribution in [0.3, 0.4) is 0 Å². The van der Waals surface area contributed by atoms with Gasteiger partial charge in [0.15, 0.2) is 0 Å². The van der Waals surface area contributed by atoms with Crippen molar-refractivity contribution in [2.24, 2.45) is 7.05 Å². The Morgan fingerprint density at radius 2 is 2.00 bits per heavy atom. The first-order chi connectivity index (χ1) is 10.0. The molecule has 0 aliphatic carbocycles. The van der Waals surface area contributed by atoms with Crippen LogP contribution in [0, 0.1) is 0 Å². The topological polar surface area (TPSA) is 59.4 Å². The largest absolute Gasteiger partial charge is 0.497 e. The Hall–Kier alpha value is -2.50. The van der Waals surface area contributed by atoms with Gasteiger partial charge in [0, 0.05) is 33.5 Å². The molecule has 1 aromatic heterocycles. The summed E-state index contributed by atoms with van der Waals surface area (Å²) in [5, 5.41) is 2.98. The SMILES string of the molecule is COc1ccc(C(NC(=O)N(C)C)c2nccn2C)cc1. The van der Waals surface area contributed by atoms with Crippen LogP contribution in [0.5, 0.6) is 5.75 Å². The first-order valence-electron chi connectivity index (χ1n) is 6.62. The molecule has 1 N–H and O–H groups in total. The maximum Gasteiger partial charge on any atom is 0.317 e. The molecule has 0 radical (unpaired) electrons. The molecule has 1 aromatic carbocycles. The fourth-order valence-corrected chi connectivity index (χ4v) is 2.00. The average molecular weight is 288 g/mol. The number of aromatic nitrogens is 2. The highest BCUT2D eigenvalue weighted by Gasteiger charge is 2.21. The van der Waals surface area contributed by atoms with E-state index in [4.69, 9.17) is 4.74 Å². The second-order valence-corrected chi connectivity index (χ2v) is 4.95. The van der Waals surface area contributed by atoms with Crippen molar-refractivity contribution in [2.75, 3.05) is 21.2 Å². The van der Waals surface area contributed by atoms with E-state index in [0.717, 1.165) is 17.1 Å². The molecule has 0 saturated heterocycles. The van der Waals surface area contributed by atoms with Gasteiger partial charge in [0.2, 0.25) is 0 Å². The Labute approximate surface area is 124 Å². The van der Waals surface area contributed by atoms with Crippen molar-refractivity contribution in [2.45, 2.75) is 6.04 Å². The molecule has 21 heavy (non-hydrogen) atoms. The Kier molecular flexibility index (Phi) is 4.47. The molecule has 2 amide bonds. The number of ether oxygens (including phenoxy) is 1. The van der Waals surface area contributed by atoms with Gasteiger partial charge < -0.3 is 19.5 Å². The van der Waals surface area contributed by atoms with Crippen LogP contribution >= 0.6 is 0 Å². The highest BCUT2D eigenvalue weighted by Crippen LogP contribution is 2.23. The number of urea groups is 1. The lowest BCUT2D eigenvalue weighted by Crippen LogP contribution is -2.38. The summed E-state index contributed by atoms with van der Waals surface area (Å²) in [5.74, 6) is 1.55. The van der Waals surface area contributed by atoms with E-state index in [1.165, 1.54) is 4.90 Å². The van der Waals surface area contributed by atoms with Gasteiger partial charge in [-0.1, -0.05) is 12.1 Å². The smallest absolute Gasteiger partial charge is 0.317 e. The Morgan fingerprint density at radius 3 is 2.48 bits per heavy atom. The highest BCUT2D eigenvalue weighted by atomic mass is 16.5. The van der Waals surface area contributed by atoms with Crippen LogP contribution in [0.25, 0.3) is 0 Å². The standard InChI is InChI=1S/C15H20N4O2/c1-18(2)15(20)17-13(14-16-9-10-19(14)3)11-5-7-12(21-4)8-6-11/h5-10,13H,1-4H3,(H,17,20). The van der Waals surface area contributed by atoms with Gasteiger partial charge in [0.1, 0.15) is 17.6 Å². The van der Waals surface area contributed by atoms with Crippen LogP contribution in [-0.2, 0) is 7.05 Å². The van der Waals surface area contributed by atoms with Crippen molar-refractivity contribution in [3.63, 3.8) is 0 Å². The number of nitrogens with one attached hydrogen (secondary N) is 1. The zero-order valence-corrected chi connectivity index (χ0v) is 12.7. The fourth-order valence-electron chi connectivity index (χ4n) is 2.00. The lowest BCUT2D eigenvalue weighted by atomic mass is 10.1. The second-order valence-electron chi connectivity index (χ2n) is 4.95. The number of hydrogen-bond donors (Lipinski definition) is 1. The molecule has 2 rings (SSSR count). The van der Waals surface area contributed by atoms with E-state index in [-0.39, 0.29) is 12.1 Å². The van der Waals surface area contributed by atoms with Crippen molar-refractivity contribution < 1.29 is 9.53 Å². The molecule has 0 fully saturated rings. The van der Waals surface area contributed by atoms with Crippen molar-refractivity contribution in [3.05, 3.63) is 48.0 Å². The molecule has 0 aliphatic rings. The summed E-state index contributed by atoms with van der Waals surface area (Å²) in [7, 11) is 6.94. The number of aryl methyl sites for hydroxylation is 1. The third-order valence-electron chi connectivity index (χ3n) is 3.24. The first kappa shape index (κ1) is 14.9. The van der Waals surface area contributed by atoms with Gasteiger partial charge in [-0.25, -0.2) is 9.78 Å². The molecule has 0 aliphatic heterocycles. The van der Waals surface area contributed by atoms with E-state index in [1.54, 1.807) is 27.4 Å². The van der Waals surface area contributed by atoms with Gasteiger partial charge in [-0.2, -0.15) is 0 Å². The van der Waals surface area contributed by atoms with Gasteiger partial charge in [-0.15, -0.1) is 0 Å². The maximum absolute atomic E-state index is 12.0. The zero-order valence-electron chi connectivity index (χ0n) is 12.7. The summed E-state index contributed by atoms with van der Waals surface area (Å²) < 4.78 is 7.06. The Balaban J connectivity index is 2.35. The average Bonchev–Trinajstić information content (AvgIpc) is 2.90. The first-order valence-corrected chi connectivity index (χ1v) is 6.62. The second kappa shape index (κ2) is 6.30. The van der Waals surface area contributed by atoms with Gasteiger partial charge in [-0.05, 0) is 17.7 Å². The number of hydrogen-bond acceptors (Lipinski definition) is 3. The minimum absolute atomic E-state index is 0.168. The molecule has 6 heteroatoms. The van der Waals surface area contributed by atoms with Crippen molar-refractivity contribution in [3.8, 4) is 5.75 Å². The van der Waals surface area contributed by atoms with E-state index < -0.39 is 0 Å². The normalized spacial score (nSPS) is 11.8. The van der Waals surface area contributed by atoms with E-state index in [2.05, 4.69) is 10.3 Å². The van der Waals surface area contributed by atoms with E-state index in [0.29, 0.717) is 0 Å². The number of carbonyl (C=O) groups excluding carboxylic acids is 1. The Bertz CT molecular complexity index is 604. The molecule has 2 aromatic rings. The van der Waals surface area contributed by atoms with E-state index in [1.807, 2.05) is 42.1 Å². The summed E-state index contributed by atoms with van der Waals surface area (Å²) in [6.07, 6.45) is 3.57. The van der Waals surface area contributed by atoms with Crippen molar-refractivity contribution in [1.82, 2.24) is 19.8 Å². The van der Waals surface area contributed by atoms with Crippen LogP contribution in [-0.4, -0.2) is 41.7 Å². The third-order valence-corrected chi connectivity index (χ3v) is 3.24. The lowest BCUT2D eigenvalue weighted by molar-refractivity contribution is 0.214. The van der Waals surface area contributed by atoms with Crippen LogP contribution in [0.2, 0.25) is 0 Å². The molecule has 0 saturated carbocycles. The van der Waals surface area contributed by atoms with Gasteiger partial charge in [0.25, 0.3) is 0 Å². The molecule has 1 unspecified atom stereocenters. The maximum atomic E-state index is 12.0. The summed E-state index contributed by atoms with van der Waals surface area (Å²) in [4.78, 5) is 17.9. The summed E-state index contributed by atoms with van der Waals surface area (Å²) in [6.45, 7) is 0. The number of rotatable bonds is 4. The van der Waals surface area contributed by atoms with Gasteiger partial charge in [-0.3, -0.25) is 0 Å². The predicted octanol–water partition coefficient (Wildman–Crippen LogP) is 1.79. The van der Waals surface area contributed by atoms with Crippen molar-refractivity contribution in [1.29, 1.82) is 0 Å². The van der Waals surface area contributed by atoms with Crippen LogP contribution in [0.15, 0.2) is 36.7 Å². The lowest BCUT2D eigenvalue weighted by Gasteiger charge is -2.21. The predicted molar refractivity (Wildman–Crippen MR) is 80.3 cm³/mol. The molecule has 112 valence electrons. The monoisotopic (exact) mass is 288 g/mol. The summed E-state index contributed by atoms with van der Waals surface area (Å²) in [6, 6.07) is 7.10. The van der Waals surface area contributed by atoms with Crippen LogP contribution in [0.4, 0.5) is 4.79 Å². The number of methoxy groups -OCH3 is 1. The highest BCUT2D eigenvalue weighted by molar-refractivity contribution is 5.74. The zero-order chi connectivity index (χ0) is 15.4. The molecule has 0 bridgehead atoms. The fraction of sp³-hybridized carbons (Fsp3) is 0.333. The van der Waals surface area contributed by atoms with E-state index >= 15 is 0 Å². The third kappa shape index (κ3) is 3.34. The molecule has 1 heterocycles. The van der Waals surface area contributed by atoms with Crippen molar-refractivity contribution >= 4 is 6.03 Å². The van der Waals surface area contributed by atoms with Gasteiger partial charge in [0.05, 0.1) is 7.11 Å². The molecule has 0 spiro atoms. The van der Waals surface area contributed by atoms with E-state index in [9.17, 15) is 4.79 Å². The quantitative estimate of drug-likeness (QED) is 0.933. The minimum atomic E-state index is -0.314. The number of benzene rings is 1. The summed E-state index contributed by atoms with van der Waals surface area (Å²) >= 11 is 0. The number of imidazole rings is 1. The molecular weight excluding hydrogens is 268 g/mol. The summed E-state index contributed by atoms with van der Waals surface area (Å²) in [5.41, 5.74) is 0.945. The molecule has 1 atom stereocenters. The van der Waals surface area contributed by atoms with Crippen LogP contribution < -0.4 is 10.1 Å². The van der Waals surface area contributed by atoms with Crippen LogP contribution in [0.1, 0.15) is 17.4 Å². The molecule has 6 nitrogen and oxygen atoms in total. The number of carbonyl (C=O) groups is 1.